The maximum atomic E-state index is 12.4. The summed E-state index contributed by atoms with van der Waals surface area (Å²) in [6.45, 7) is 12.9. The lowest BCUT2D eigenvalue weighted by Crippen LogP contribution is -2.44. The topological polar surface area (TPSA) is 112 Å². The fraction of sp³-hybridized carbons (Fsp3) is 0.429. The molecular formula is C28H38ClN7O3S. The van der Waals surface area contributed by atoms with Gasteiger partial charge in [0, 0.05) is 49.3 Å². The molecule has 4 rings (SSSR count). The minimum atomic E-state index is -3.52. The van der Waals surface area contributed by atoms with Crippen LogP contribution in [0.1, 0.15) is 34.6 Å². The van der Waals surface area contributed by atoms with Crippen LogP contribution in [0.2, 0.25) is 5.02 Å². The van der Waals surface area contributed by atoms with E-state index in [1.54, 1.807) is 45.0 Å². The van der Waals surface area contributed by atoms with Crippen molar-refractivity contribution in [3.8, 4) is 5.75 Å². The van der Waals surface area contributed by atoms with E-state index in [0.717, 1.165) is 43.3 Å². The third-order valence-electron chi connectivity index (χ3n) is 6.37. The van der Waals surface area contributed by atoms with Crippen molar-refractivity contribution in [3.05, 3.63) is 53.7 Å². The Balaban J connectivity index is 1.49. The van der Waals surface area contributed by atoms with Crippen LogP contribution in [0.15, 0.2) is 48.7 Å². The van der Waals surface area contributed by atoms with Gasteiger partial charge in [-0.05, 0) is 78.1 Å². The molecule has 3 aromatic rings. The second-order valence-electron chi connectivity index (χ2n) is 11.1. The second kappa shape index (κ2) is 12.1. The molecule has 0 bridgehead atoms. The molecule has 2 heterocycles. The molecule has 1 aliphatic rings. The molecule has 0 saturated carbocycles. The van der Waals surface area contributed by atoms with E-state index >= 15 is 0 Å². The number of likely N-dealkylation sites (N-methyl/N-ethyl adjacent to an activating group) is 1. The largest absolute Gasteiger partial charge is 0.489 e. The van der Waals surface area contributed by atoms with Gasteiger partial charge in [-0.15, -0.1) is 0 Å². The molecule has 12 heteroatoms. The maximum absolute atomic E-state index is 12.4. The van der Waals surface area contributed by atoms with Gasteiger partial charge in [-0.3, -0.25) is 4.72 Å². The van der Waals surface area contributed by atoms with E-state index in [9.17, 15) is 8.42 Å². The zero-order valence-electron chi connectivity index (χ0n) is 23.8. The molecule has 40 heavy (non-hydrogen) atoms. The first-order valence-electron chi connectivity index (χ1n) is 13.2. The highest BCUT2D eigenvalue weighted by molar-refractivity contribution is 7.94. The number of nitrogens with one attached hydrogen (secondary N) is 3. The van der Waals surface area contributed by atoms with Crippen LogP contribution in [-0.2, 0) is 10.0 Å². The van der Waals surface area contributed by atoms with E-state index in [4.69, 9.17) is 16.3 Å². The number of nitrogens with zero attached hydrogens (tertiary/aromatic N) is 4. The molecule has 10 nitrogen and oxygen atoms in total. The van der Waals surface area contributed by atoms with Gasteiger partial charge in [-0.1, -0.05) is 11.6 Å². The van der Waals surface area contributed by atoms with Gasteiger partial charge in [0.15, 0.2) is 5.82 Å². The molecule has 1 fully saturated rings. The molecule has 2 aromatic carbocycles. The van der Waals surface area contributed by atoms with E-state index in [2.05, 4.69) is 48.2 Å². The van der Waals surface area contributed by atoms with E-state index in [-0.39, 0.29) is 6.10 Å². The number of hydrogen-bond donors (Lipinski definition) is 3. The normalized spacial score (nSPS) is 14.8. The lowest BCUT2D eigenvalue weighted by molar-refractivity contribution is 0.241. The van der Waals surface area contributed by atoms with Crippen LogP contribution in [0.3, 0.4) is 0 Å². The Labute approximate surface area is 242 Å². The Morgan fingerprint density at radius 2 is 1.57 bits per heavy atom. The number of ether oxygens (including phenoxy) is 1. The zero-order chi connectivity index (χ0) is 29.1. The smallest absolute Gasteiger partial charge is 0.237 e. The van der Waals surface area contributed by atoms with Crippen molar-refractivity contribution in [2.24, 2.45) is 0 Å². The van der Waals surface area contributed by atoms with E-state index in [1.807, 2.05) is 26.0 Å². The van der Waals surface area contributed by atoms with Crippen molar-refractivity contribution in [1.29, 1.82) is 0 Å². The summed E-state index contributed by atoms with van der Waals surface area (Å²) in [6.07, 6.45) is 1.55. The van der Waals surface area contributed by atoms with E-state index in [0.29, 0.717) is 28.2 Å². The molecular weight excluding hydrogens is 550 g/mol. The summed E-state index contributed by atoms with van der Waals surface area (Å²) in [5, 5.41) is 6.77. The van der Waals surface area contributed by atoms with Crippen LogP contribution in [0.25, 0.3) is 0 Å². The second-order valence-corrected chi connectivity index (χ2v) is 13.9. The summed E-state index contributed by atoms with van der Waals surface area (Å²) in [4.78, 5) is 13.6. The number of hydrogen-bond acceptors (Lipinski definition) is 9. The van der Waals surface area contributed by atoms with Crippen molar-refractivity contribution in [1.82, 2.24) is 14.9 Å². The van der Waals surface area contributed by atoms with Crippen LogP contribution >= 0.6 is 11.6 Å². The van der Waals surface area contributed by atoms with Crippen LogP contribution in [0, 0.1) is 0 Å². The van der Waals surface area contributed by atoms with Gasteiger partial charge >= 0.3 is 0 Å². The first kappa shape index (κ1) is 29.7. The fourth-order valence-corrected chi connectivity index (χ4v) is 4.85. The van der Waals surface area contributed by atoms with Gasteiger partial charge in [0.1, 0.15) is 10.8 Å². The number of aromatic nitrogens is 2. The van der Waals surface area contributed by atoms with Crippen molar-refractivity contribution in [3.63, 3.8) is 0 Å². The quantitative estimate of drug-likeness (QED) is 0.290. The lowest BCUT2D eigenvalue weighted by Gasteiger charge is -2.35. The standard InChI is InChI=1S/C28H38ClN7O3S/c1-19(2)39-25-17-22(11-12-24(25)36-15-13-35(6)14-16-36)32-27-30-18-23(29)26(33-27)31-20-7-9-21(10-8-20)34-40(37,38)28(3,4)5/h7-12,17-19,34H,13-16H2,1-6H3,(H2,30,31,32,33). The number of halogens is 1. The highest BCUT2D eigenvalue weighted by Gasteiger charge is 2.28. The highest BCUT2D eigenvalue weighted by Crippen LogP contribution is 2.34. The van der Waals surface area contributed by atoms with Crippen LogP contribution in [0.4, 0.5) is 34.5 Å². The molecule has 3 N–H and O–H groups in total. The lowest BCUT2D eigenvalue weighted by atomic mass is 10.2. The minimum Gasteiger partial charge on any atom is -0.489 e. The van der Waals surface area contributed by atoms with Gasteiger partial charge in [0.05, 0.1) is 22.7 Å². The number of anilines is 6. The molecule has 0 unspecified atom stereocenters. The molecule has 0 aliphatic carbocycles. The molecule has 0 amide bonds. The van der Waals surface area contributed by atoms with E-state index in [1.165, 1.54) is 6.20 Å². The Hall–Kier alpha value is -3.28. The van der Waals surface area contributed by atoms with Gasteiger partial charge in [0.2, 0.25) is 16.0 Å². The predicted molar refractivity (Wildman–Crippen MR) is 164 cm³/mol. The van der Waals surface area contributed by atoms with Crippen molar-refractivity contribution in [2.75, 3.05) is 53.5 Å². The van der Waals surface area contributed by atoms with Crippen molar-refractivity contribution in [2.45, 2.75) is 45.5 Å². The first-order valence-corrected chi connectivity index (χ1v) is 15.1. The Bertz CT molecular complexity index is 1420. The number of piperazine rings is 1. The number of rotatable bonds is 9. The Kier molecular flexibility index (Phi) is 8.96. The molecule has 1 aromatic heterocycles. The highest BCUT2D eigenvalue weighted by atomic mass is 35.5. The molecule has 0 radical (unpaired) electrons. The summed E-state index contributed by atoms with van der Waals surface area (Å²) in [5.74, 6) is 1.58. The van der Waals surface area contributed by atoms with Gasteiger partial charge in [-0.25, -0.2) is 13.4 Å². The SMILES string of the molecule is CC(C)Oc1cc(Nc2ncc(Cl)c(Nc3ccc(NS(=O)(=O)C(C)(C)C)cc3)n2)ccc1N1CCN(C)CC1. The molecule has 1 saturated heterocycles. The number of sulfonamides is 1. The molecule has 0 atom stereocenters. The zero-order valence-corrected chi connectivity index (χ0v) is 25.4. The molecule has 0 spiro atoms. The van der Waals surface area contributed by atoms with Crippen LogP contribution in [-0.4, -0.2) is 67.4 Å². The molecule has 1 aliphatic heterocycles. The van der Waals surface area contributed by atoms with Gasteiger partial charge in [-0.2, -0.15) is 4.98 Å². The van der Waals surface area contributed by atoms with Crippen molar-refractivity contribution < 1.29 is 13.2 Å². The molecule has 216 valence electrons. The third-order valence-corrected chi connectivity index (χ3v) is 8.77. The summed E-state index contributed by atoms with van der Waals surface area (Å²) in [7, 11) is -1.38. The van der Waals surface area contributed by atoms with Crippen molar-refractivity contribution >= 4 is 56.1 Å². The summed E-state index contributed by atoms with van der Waals surface area (Å²) < 4.78 is 32.7. The average molecular weight is 588 g/mol. The van der Waals surface area contributed by atoms with Crippen LogP contribution < -0.4 is 25.0 Å². The predicted octanol–water partition coefficient (Wildman–Crippen LogP) is 5.70. The maximum Gasteiger partial charge on any atom is 0.237 e. The summed E-state index contributed by atoms with van der Waals surface area (Å²) in [5.41, 5.74) is 3.02. The van der Waals surface area contributed by atoms with Gasteiger partial charge < -0.3 is 25.2 Å². The minimum absolute atomic E-state index is 0.0270. The van der Waals surface area contributed by atoms with Gasteiger partial charge in [0.25, 0.3) is 0 Å². The average Bonchev–Trinajstić information content (AvgIpc) is 2.87. The number of benzene rings is 2. The monoisotopic (exact) mass is 587 g/mol. The summed E-state index contributed by atoms with van der Waals surface area (Å²) >= 11 is 6.38. The summed E-state index contributed by atoms with van der Waals surface area (Å²) in [6, 6.07) is 12.9. The van der Waals surface area contributed by atoms with Crippen LogP contribution in [0.5, 0.6) is 5.75 Å². The Morgan fingerprint density at radius 3 is 2.20 bits per heavy atom. The third kappa shape index (κ3) is 7.47. The van der Waals surface area contributed by atoms with E-state index < -0.39 is 14.8 Å². The Morgan fingerprint density at radius 1 is 0.950 bits per heavy atom. The first-order chi connectivity index (χ1) is 18.8. The fourth-order valence-electron chi connectivity index (χ4n) is 3.96.